The summed E-state index contributed by atoms with van der Waals surface area (Å²) in [6.07, 6.45) is 2.28. The lowest BCUT2D eigenvalue weighted by atomic mass is 10.2. The number of carbonyl (C=O) groups is 2. The van der Waals surface area contributed by atoms with Crippen LogP contribution >= 0.6 is 23.4 Å². The number of hydrogen-bond donors (Lipinski definition) is 2. The normalized spacial score (nSPS) is 23.2. The van der Waals surface area contributed by atoms with E-state index in [1.807, 2.05) is 0 Å². The smallest absolute Gasteiger partial charge is 0.240 e. The summed E-state index contributed by atoms with van der Waals surface area (Å²) in [6, 6.07) is 7.27. The quantitative estimate of drug-likeness (QED) is 0.894. The summed E-state index contributed by atoms with van der Waals surface area (Å²) in [6.45, 7) is 0. The van der Waals surface area contributed by atoms with Gasteiger partial charge in [0.1, 0.15) is 5.25 Å². The largest absolute Gasteiger partial charge is 0.326 e. The minimum absolute atomic E-state index is 0.118. The average Bonchev–Trinajstić information content (AvgIpc) is 3.15. The number of amides is 2. The van der Waals surface area contributed by atoms with Gasteiger partial charge in [0.2, 0.25) is 11.8 Å². The number of halogens is 1. The van der Waals surface area contributed by atoms with Crippen LogP contribution in [0.15, 0.2) is 29.3 Å². The Morgan fingerprint density at radius 2 is 2.29 bits per heavy atom. The van der Waals surface area contributed by atoms with E-state index < -0.39 is 5.25 Å². The van der Waals surface area contributed by atoms with Crippen molar-refractivity contribution in [1.29, 1.82) is 0 Å². The summed E-state index contributed by atoms with van der Waals surface area (Å²) in [7, 11) is 0. The lowest BCUT2D eigenvalue weighted by Gasteiger charge is -2.07. The van der Waals surface area contributed by atoms with Crippen molar-refractivity contribution in [2.75, 3.05) is 5.32 Å². The topological polar surface area (TPSA) is 70.6 Å². The van der Waals surface area contributed by atoms with Gasteiger partial charge in [-0.05, 0) is 31.0 Å². The molecule has 1 aromatic carbocycles. The minimum atomic E-state index is -0.415. The van der Waals surface area contributed by atoms with E-state index in [1.54, 1.807) is 24.3 Å². The van der Waals surface area contributed by atoms with Gasteiger partial charge in [0.05, 0.1) is 6.04 Å². The third-order valence-corrected chi connectivity index (χ3v) is 4.43. The highest BCUT2D eigenvalue weighted by atomic mass is 35.5. The van der Waals surface area contributed by atoms with Gasteiger partial charge < -0.3 is 10.6 Å². The van der Waals surface area contributed by atoms with Crippen LogP contribution in [0.4, 0.5) is 5.69 Å². The van der Waals surface area contributed by atoms with Crippen molar-refractivity contribution in [2.24, 2.45) is 4.99 Å². The summed E-state index contributed by atoms with van der Waals surface area (Å²) in [5.41, 5.74) is 0.628. The molecule has 1 saturated carbocycles. The molecule has 110 valence electrons. The highest BCUT2D eigenvalue weighted by Gasteiger charge is 2.33. The molecule has 1 saturated heterocycles. The Bertz CT molecular complexity index is 616. The number of thioether (sulfide) groups is 1. The van der Waals surface area contributed by atoms with Gasteiger partial charge in [-0.15, -0.1) is 0 Å². The van der Waals surface area contributed by atoms with Crippen LogP contribution in [0.1, 0.15) is 19.3 Å². The first-order valence-electron chi connectivity index (χ1n) is 6.71. The van der Waals surface area contributed by atoms with Crippen molar-refractivity contribution < 1.29 is 9.59 Å². The Kier molecular flexibility index (Phi) is 4.17. The molecule has 2 fully saturated rings. The van der Waals surface area contributed by atoms with E-state index in [4.69, 9.17) is 11.6 Å². The van der Waals surface area contributed by atoms with Gasteiger partial charge in [-0.1, -0.05) is 29.4 Å². The Labute approximate surface area is 131 Å². The van der Waals surface area contributed by atoms with E-state index in [0.717, 1.165) is 12.8 Å². The van der Waals surface area contributed by atoms with E-state index in [-0.39, 0.29) is 18.2 Å². The summed E-state index contributed by atoms with van der Waals surface area (Å²) in [4.78, 5) is 28.2. The molecule has 0 aromatic heterocycles. The number of hydrogen-bond acceptors (Lipinski definition) is 4. The number of benzene rings is 1. The first-order valence-corrected chi connectivity index (χ1v) is 7.96. The van der Waals surface area contributed by atoms with E-state index >= 15 is 0 Å². The maximum absolute atomic E-state index is 12.0. The number of nitrogens with one attached hydrogen (secondary N) is 2. The molecule has 1 atom stereocenters. The molecule has 1 aliphatic heterocycles. The molecule has 2 amide bonds. The zero-order valence-electron chi connectivity index (χ0n) is 11.1. The Morgan fingerprint density at radius 1 is 1.48 bits per heavy atom. The minimum Gasteiger partial charge on any atom is -0.326 e. The molecule has 3 rings (SSSR count). The Balaban J connectivity index is 1.56. The van der Waals surface area contributed by atoms with E-state index in [9.17, 15) is 9.59 Å². The summed E-state index contributed by atoms with van der Waals surface area (Å²) >= 11 is 7.19. The number of amidine groups is 1. The van der Waals surface area contributed by atoms with Crippen LogP contribution in [-0.2, 0) is 9.59 Å². The van der Waals surface area contributed by atoms with Crippen molar-refractivity contribution in [2.45, 2.75) is 30.6 Å². The van der Waals surface area contributed by atoms with Crippen LogP contribution in [0, 0.1) is 0 Å². The van der Waals surface area contributed by atoms with Gasteiger partial charge in [0, 0.05) is 17.1 Å². The van der Waals surface area contributed by atoms with Crippen molar-refractivity contribution in [3.63, 3.8) is 0 Å². The monoisotopic (exact) mass is 323 g/mol. The Hall–Kier alpha value is -1.53. The van der Waals surface area contributed by atoms with Crippen molar-refractivity contribution in [1.82, 2.24) is 5.32 Å². The summed E-state index contributed by atoms with van der Waals surface area (Å²) in [5.74, 6) is -0.363. The van der Waals surface area contributed by atoms with Crippen molar-refractivity contribution in [3.05, 3.63) is 29.3 Å². The molecule has 7 heteroatoms. The first kappa shape index (κ1) is 14.4. The van der Waals surface area contributed by atoms with Gasteiger partial charge in [0.15, 0.2) is 5.17 Å². The number of nitrogens with zero attached hydrogens (tertiary/aromatic N) is 1. The second-order valence-electron chi connectivity index (χ2n) is 5.02. The van der Waals surface area contributed by atoms with Crippen LogP contribution in [-0.4, -0.2) is 28.3 Å². The van der Waals surface area contributed by atoms with E-state index in [2.05, 4.69) is 15.6 Å². The molecule has 0 unspecified atom stereocenters. The van der Waals surface area contributed by atoms with Gasteiger partial charge >= 0.3 is 0 Å². The SMILES string of the molecule is O=C(C[C@@H]1SC(=NC2CC2)NC1=O)Nc1cccc(Cl)c1. The van der Waals surface area contributed by atoms with Crippen molar-refractivity contribution >= 4 is 46.0 Å². The highest BCUT2D eigenvalue weighted by molar-refractivity contribution is 8.15. The second-order valence-corrected chi connectivity index (χ2v) is 6.65. The van der Waals surface area contributed by atoms with Gasteiger partial charge in [-0.2, -0.15) is 0 Å². The number of rotatable bonds is 4. The molecule has 0 bridgehead atoms. The maximum atomic E-state index is 12.0. The molecule has 1 aliphatic carbocycles. The predicted molar refractivity (Wildman–Crippen MR) is 84.7 cm³/mol. The van der Waals surface area contributed by atoms with E-state index in [1.165, 1.54) is 11.8 Å². The summed E-state index contributed by atoms with van der Waals surface area (Å²) in [5, 5.41) is 6.25. The fourth-order valence-corrected chi connectivity index (χ4v) is 3.15. The van der Waals surface area contributed by atoms with E-state index in [0.29, 0.717) is 21.9 Å². The second kappa shape index (κ2) is 6.07. The molecule has 2 aliphatic rings. The predicted octanol–water partition coefficient (Wildman–Crippen LogP) is 2.42. The lowest BCUT2D eigenvalue weighted by Crippen LogP contribution is -2.28. The average molecular weight is 324 g/mol. The fourth-order valence-electron chi connectivity index (χ4n) is 1.92. The van der Waals surface area contributed by atoms with Crippen LogP contribution in [0.2, 0.25) is 5.02 Å². The number of anilines is 1. The molecule has 0 radical (unpaired) electrons. The third kappa shape index (κ3) is 3.98. The molecule has 21 heavy (non-hydrogen) atoms. The molecule has 1 aromatic rings. The van der Waals surface area contributed by atoms with Crippen LogP contribution in [0.3, 0.4) is 0 Å². The molecular weight excluding hydrogens is 310 g/mol. The molecule has 5 nitrogen and oxygen atoms in total. The lowest BCUT2D eigenvalue weighted by molar-refractivity contribution is -0.122. The fraction of sp³-hybridized carbons (Fsp3) is 0.357. The zero-order valence-corrected chi connectivity index (χ0v) is 12.7. The molecule has 2 N–H and O–H groups in total. The molecular formula is C14H14ClN3O2S. The number of aliphatic imine (C=N–C) groups is 1. The number of carbonyl (C=O) groups excluding carboxylic acids is 2. The standard InChI is InChI=1S/C14H14ClN3O2S/c15-8-2-1-3-10(6-8)16-12(19)7-11-13(20)18-14(21-11)17-9-4-5-9/h1-3,6,9,11H,4-5,7H2,(H,16,19)(H,17,18,20)/t11-/m0/s1. The first-order chi connectivity index (χ1) is 10.1. The van der Waals surface area contributed by atoms with Crippen LogP contribution in [0.5, 0.6) is 0 Å². The third-order valence-electron chi connectivity index (χ3n) is 3.10. The molecule has 1 heterocycles. The van der Waals surface area contributed by atoms with Gasteiger partial charge in [0.25, 0.3) is 0 Å². The molecule has 0 spiro atoms. The summed E-state index contributed by atoms with van der Waals surface area (Å²) < 4.78 is 0. The van der Waals surface area contributed by atoms with Gasteiger partial charge in [-0.3, -0.25) is 14.6 Å². The van der Waals surface area contributed by atoms with Crippen LogP contribution < -0.4 is 10.6 Å². The Morgan fingerprint density at radius 3 is 3.00 bits per heavy atom. The van der Waals surface area contributed by atoms with Crippen molar-refractivity contribution in [3.8, 4) is 0 Å². The zero-order chi connectivity index (χ0) is 14.8. The highest BCUT2D eigenvalue weighted by Crippen LogP contribution is 2.29. The van der Waals surface area contributed by atoms with Crippen LogP contribution in [0.25, 0.3) is 0 Å². The van der Waals surface area contributed by atoms with Gasteiger partial charge in [-0.25, -0.2) is 0 Å². The maximum Gasteiger partial charge on any atom is 0.240 e.